The highest BCUT2D eigenvalue weighted by Crippen LogP contribution is 2.15. The topological polar surface area (TPSA) is 66.1 Å². The fourth-order valence-electron chi connectivity index (χ4n) is 2.57. The van der Waals surface area contributed by atoms with E-state index in [4.69, 9.17) is 0 Å². The Morgan fingerprint density at radius 3 is 2.85 bits per heavy atom. The minimum absolute atomic E-state index is 0.0912. The van der Waals surface area contributed by atoms with Crippen LogP contribution >= 0.6 is 0 Å². The fourth-order valence-corrected chi connectivity index (χ4v) is 2.57. The zero-order chi connectivity index (χ0) is 14.1. The van der Waals surface area contributed by atoms with Gasteiger partial charge in [-0.25, -0.2) is 4.98 Å². The summed E-state index contributed by atoms with van der Waals surface area (Å²) in [7, 11) is 0. The van der Waals surface area contributed by atoms with E-state index in [1.807, 2.05) is 30.0 Å². The van der Waals surface area contributed by atoms with Gasteiger partial charge in [-0.15, -0.1) is 0 Å². The van der Waals surface area contributed by atoms with E-state index in [1.54, 1.807) is 0 Å². The van der Waals surface area contributed by atoms with Gasteiger partial charge in [0.05, 0.1) is 17.6 Å². The summed E-state index contributed by atoms with van der Waals surface area (Å²) in [4.78, 5) is 33.0. The highest BCUT2D eigenvalue weighted by atomic mass is 16.1. The number of carbonyl (C=O) groups is 2. The molecule has 0 radical (unpaired) electrons. The predicted octanol–water partition coefficient (Wildman–Crippen LogP) is 1.72. The maximum absolute atomic E-state index is 12.3. The Morgan fingerprint density at radius 2 is 2.10 bits per heavy atom. The van der Waals surface area contributed by atoms with Crippen LogP contribution in [0.25, 0.3) is 11.0 Å². The number of hydrogen-bond donors (Lipinski definition) is 1. The average Bonchev–Trinajstić information content (AvgIpc) is 2.80. The molecule has 1 fully saturated rings. The standard InChI is InChI=1S/C15H17N3O2/c1-10-16-13-3-2-11(8-14(13)17-10)15(20)9-18-6-4-12(19)5-7-18/h2-3,8H,4-7,9H2,1H3,(H,16,17). The van der Waals surface area contributed by atoms with E-state index in [9.17, 15) is 9.59 Å². The van der Waals surface area contributed by atoms with Gasteiger partial charge in [0.1, 0.15) is 11.6 Å². The van der Waals surface area contributed by atoms with Crippen LogP contribution in [0.2, 0.25) is 0 Å². The number of H-pyrrole nitrogens is 1. The van der Waals surface area contributed by atoms with Crippen LogP contribution < -0.4 is 0 Å². The number of nitrogens with one attached hydrogen (secondary N) is 1. The largest absolute Gasteiger partial charge is 0.342 e. The molecule has 0 spiro atoms. The molecule has 0 bridgehead atoms. The van der Waals surface area contributed by atoms with Crippen LogP contribution in [0.15, 0.2) is 18.2 Å². The van der Waals surface area contributed by atoms with Crippen molar-refractivity contribution in [2.24, 2.45) is 0 Å². The van der Waals surface area contributed by atoms with Crippen molar-refractivity contribution in [3.8, 4) is 0 Å². The second-order valence-electron chi connectivity index (χ2n) is 5.29. The molecular weight excluding hydrogens is 254 g/mol. The molecule has 20 heavy (non-hydrogen) atoms. The average molecular weight is 271 g/mol. The molecule has 1 aromatic heterocycles. The number of aromatic nitrogens is 2. The van der Waals surface area contributed by atoms with Crippen molar-refractivity contribution in [3.05, 3.63) is 29.6 Å². The first-order valence-electron chi connectivity index (χ1n) is 6.85. The molecule has 1 saturated heterocycles. The summed E-state index contributed by atoms with van der Waals surface area (Å²) in [5.41, 5.74) is 2.46. The van der Waals surface area contributed by atoms with Gasteiger partial charge in [-0.3, -0.25) is 14.5 Å². The van der Waals surface area contributed by atoms with E-state index in [-0.39, 0.29) is 5.78 Å². The van der Waals surface area contributed by atoms with Gasteiger partial charge in [-0.1, -0.05) is 0 Å². The van der Waals surface area contributed by atoms with Crippen molar-refractivity contribution in [1.82, 2.24) is 14.9 Å². The van der Waals surface area contributed by atoms with Crippen molar-refractivity contribution < 1.29 is 9.59 Å². The number of Topliss-reactive ketones (excluding diaryl/α,β-unsaturated/α-hetero) is 2. The third-order valence-electron chi connectivity index (χ3n) is 3.70. The Morgan fingerprint density at radius 1 is 1.35 bits per heavy atom. The van der Waals surface area contributed by atoms with Crippen molar-refractivity contribution in [2.45, 2.75) is 19.8 Å². The molecule has 1 aromatic carbocycles. The summed E-state index contributed by atoms with van der Waals surface area (Å²) in [5.74, 6) is 1.23. The smallest absolute Gasteiger partial charge is 0.176 e. The van der Waals surface area contributed by atoms with Crippen molar-refractivity contribution >= 4 is 22.6 Å². The lowest BCUT2D eigenvalue weighted by molar-refractivity contribution is -0.121. The van der Waals surface area contributed by atoms with Crippen LogP contribution in [0.5, 0.6) is 0 Å². The molecule has 1 aliphatic rings. The summed E-state index contributed by atoms with van der Waals surface area (Å²) in [6, 6.07) is 5.54. The van der Waals surface area contributed by atoms with E-state index in [0.717, 1.165) is 16.9 Å². The Bertz CT molecular complexity index is 665. The molecule has 5 heteroatoms. The quantitative estimate of drug-likeness (QED) is 0.863. The molecule has 0 amide bonds. The molecule has 2 aromatic rings. The first kappa shape index (κ1) is 13.0. The van der Waals surface area contributed by atoms with Gasteiger partial charge < -0.3 is 4.98 Å². The summed E-state index contributed by atoms with van der Waals surface area (Å²) in [5, 5.41) is 0. The number of nitrogens with zero attached hydrogens (tertiary/aromatic N) is 2. The summed E-state index contributed by atoms with van der Waals surface area (Å²) in [6.07, 6.45) is 1.12. The van der Waals surface area contributed by atoms with Gasteiger partial charge >= 0.3 is 0 Å². The number of carbonyl (C=O) groups excluding carboxylic acids is 2. The van der Waals surface area contributed by atoms with Crippen LogP contribution in [0.4, 0.5) is 0 Å². The summed E-state index contributed by atoms with van der Waals surface area (Å²) < 4.78 is 0. The molecule has 2 heterocycles. The van der Waals surface area contributed by atoms with Gasteiger partial charge in [-0.05, 0) is 25.1 Å². The van der Waals surface area contributed by atoms with E-state index >= 15 is 0 Å². The molecule has 5 nitrogen and oxygen atoms in total. The predicted molar refractivity (Wildman–Crippen MR) is 75.8 cm³/mol. The molecule has 0 atom stereocenters. The highest BCUT2D eigenvalue weighted by molar-refractivity contribution is 6.00. The van der Waals surface area contributed by atoms with Gasteiger partial charge in [0.2, 0.25) is 0 Å². The van der Waals surface area contributed by atoms with Crippen molar-refractivity contribution in [1.29, 1.82) is 0 Å². The fraction of sp³-hybridized carbons (Fsp3) is 0.400. The van der Waals surface area contributed by atoms with Gasteiger partial charge in [0.25, 0.3) is 0 Å². The number of aromatic amines is 1. The van der Waals surface area contributed by atoms with E-state index in [1.165, 1.54) is 0 Å². The minimum atomic E-state index is 0.0912. The lowest BCUT2D eigenvalue weighted by atomic mass is 10.1. The molecule has 1 aliphatic heterocycles. The Hall–Kier alpha value is -2.01. The third kappa shape index (κ3) is 2.63. The molecular formula is C15H17N3O2. The Kier molecular flexibility index (Phi) is 3.36. The normalized spacial score (nSPS) is 16.8. The van der Waals surface area contributed by atoms with Crippen molar-refractivity contribution in [2.75, 3.05) is 19.6 Å². The maximum Gasteiger partial charge on any atom is 0.176 e. The number of piperidine rings is 1. The number of benzene rings is 1. The van der Waals surface area contributed by atoms with Crippen LogP contribution in [0.1, 0.15) is 29.0 Å². The lowest BCUT2D eigenvalue weighted by Crippen LogP contribution is -2.37. The summed E-state index contributed by atoms with van der Waals surface area (Å²) in [6.45, 7) is 3.66. The number of aryl methyl sites for hydroxylation is 1. The van der Waals surface area contributed by atoms with Gasteiger partial charge in [0, 0.05) is 31.5 Å². The van der Waals surface area contributed by atoms with E-state index in [0.29, 0.717) is 43.8 Å². The highest BCUT2D eigenvalue weighted by Gasteiger charge is 2.19. The molecule has 3 rings (SSSR count). The first-order chi connectivity index (χ1) is 9.61. The molecule has 1 N–H and O–H groups in total. The number of hydrogen-bond acceptors (Lipinski definition) is 4. The zero-order valence-electron chi connectivity index (χ0n) is 11.5. The SMILES string of the molecule is Cc1nc2ccc(C(=O)CN3CCC(=O)CC3)cc2[nH]1. The third-order valence-corrected chi connectivity index (χ3v) is 3.70. The van der Waals surface area contributed by atoms with Crippen molar-refractivity contribution in [3.63, 3.8) is 0 Å². The zero-order valence-corrected chi connectivity index (χ0v) is 11.5. The van der Waals surface area contributed by atoms with Gasteiger partial charge in [-0.2, -0.15) is 0 Å². The maximum atomic E-state index is 12.3. The number of fused-ring (bicyclic) bond motifs is 1. The Labute approximate surface area is 117 Å². The van der Waals surface area contributed by atoms with E-state index in [2.05, 4.69) is 9.97 Å². The Balaban J connectivity index is 1.73. The summed E-state index contributed by atoms with van der Waals surface area (Å²) >= 11 is 0. The lowest BCUT2D eigenvalue weighted by Gasteiger charge is -2.24. The molecule has 0 unspecified atom stereocenters. The minimum Gasteiger partial charge on any atom is -0.342 e. The molecule has 0 aliphatic carbocycles. The first-order valence-corrected chi connectivity index (χ1v) is 6.85. The molecule has 104 valence electrons. The van der Waals surface area contributed by atoms with E-state index < -0.39 is 0 Å². The second kappa shape index (κ2) is 5.17. The molecule has 0 saturated carbocycles. The number of imidazole rings is 1. The monoisotopic (exact) mass is 271 g/mol. The van der Waals surface area contributed by atoms with Crippen LogP contribution in [0, 0.1) is 6.92 Å². The number of rotatable bonds is 3. The second-order valence-corrected chi connectivity index (χ2v) is 5.29. The van der Waals surface area contributed by atoms with Gasteiger partial charge in [0.15, 0.2) is 5.78 Å². The van der Waals surface area contributed by atoms with Crippen LogP contribution in [-0.2, 0) is 4.79 Å². The number of likely N-dealkylation sites (tertiary alicyclic amines) is 1. The number of ketones is 2. The van der Waals surface area contributed by atoms with Crippen LogP contribution in [0.3, 0.4) is 0 Å². The van der Waals surface area contributed by atoms with Crippen LogP contribution in [-0.4, -0.2) is 46.1 Å².